The van der Waals surface area contributed by atoms with E-state index in [0.717, 1.165) is 6.54 Å². The van der Waals surface area contributed by atoms with Crippen LogP contribution < -0.4 is 5.73 Å². The van der Waals surface area contributed by atoms with Crippen molar-refractivity contribution in [2.75, 3.05) is 6.54 Å². The molecular formula is C11H17N. The summed E-state index contributed by atoms with van der Waals surface area (Å²) in [5, 5.41) is 0. The van der Waals surface area contributed by atoms with E-state index in [0.29, 0.717) is 5.92 Å². The molecule has 0 unspecified atom stereocenters. The summed E-state index contributed by atoms with van der Waals surface area (Å²) in [7, 11) is 0. The van der Waals surface area contributed by atoms with E-state index in [1.54, 1.807) is 0 Å². The van der Waals surface area contributed by atoms with Gasteiger partial charge in [0.2, 0.25) is 0 Å². The van der Waals surface area contributed by atoms with E-state index in [1.807, 2.05) is 0 Å². The van der Waals surface area contributed by atoms with E-state index in [9.17, 15) is 0 Å². The second-order valence-electron chi connectivity index (χ2n) is 3.48. The standard InChI is InChI=1S/C11H17N/c1-8-4-5-11(6-9(8)2)10(3)7-12/h4-6,10H,7,12H2,1-3H3/t10-/m0/s1. The Hall–Kier alpha value is -0.820. The van der Waals surface area contributed by atoms with Crippen molar-refractivity contribution in [3.8, 4) is 0 Å². The number of rotatable bonds is 2. The molecule has 2 N–H and O–H groups in total. The minimum absolute atomic E-state index is 0.476. The fraction of sp³-hybridized carbons (Fsp3) is 0.455. The summed E-state index contributed by atoms with van der Waals surface area (Å²) < 4.78 is 0. The van der Waals surface area contributed by atoms with Gasteiger partial charge in [-0.25, -0.2) is 0 Å². The van der Waals surface area contributed by atoms with Gasteiger partial charge in [0.05, 0.1) is 0 Å². The highest BCUT2D eigenvalue weighted by atomic mass is 14.5. The molecule has 0 fully saturated rings. The van der Waals surface area contributed by atoms with E-state index < -0.39 is 0 Å². The normalized spacial score (nSPS) is 13.0. The number of benzene rings is 1. The molecule has 1 aromatic rings. The zero-order valence-electron chi connectivity index (χ0n) is 8.09. The van der Waals surface area contributed by atoms with Crippen LogP contribution in [0.1, 0.15) is 29.5 Å². The lowest BCUT2D eigenvalue weighted by Crippen LogP contribution is -2.08. The van der Waals surface area contributed by atoms with E-state index in [4.69, 9.17) is 5.73 Å². The van der Waals surface area contributed by atoms with Crippen molar-refractivity contribution in [1.82, 2.24) is 0 Å². The first-order chi connectivity index (χ1) is 5.65. The molecule has 0 heterocycles. The van der Waals surface area contributed by atoms with Crippen molar-refractivity contribution in [3.63, 3.8) is 0 Å². The lowest BCUT2D eigenvalue weighted by Gasteiger charge is -2.10. The molecule has 1 rings (SSSR count). The van der Waals surface area contributed by atoms with Gasteiger partial charge < -0.3 is 5.73 Å². The highest BCUT2D eigenvalue weighted by molar-refractivity contribution is 5.31. The number of hydrogen-bond donors (Lipinski definition) is 1. The largest absolute Gasteiger partial charge is 0.330 e. The Bertz CT molecular complexity index is 266. The SMILES string of the molecule is Cc1ccc([C@@H](C)CN)cc1C. The zero-order chi connectivity index (χ0) is 9.14. The summed E-state index contributed by atoms with van der Waals surface area (Å²) in [4.78, 5) is 0. The lowest BCUT2D eigenvalue weighted by atomic mass is 9.97. The molecule has 0 spiro atoms. The first kappa shape index (κ1) is 9.27. The van der Waals surface area contributed by atoms with E-state index in [2.05, 4.69) is 39.0 Å². The van der Waals surface area contributed by atoms with Gasteiger partial charge in [-0.2, -0.15) is 0 Å². The van der Waals surface area contributed by atoms with Gasteiger partial charge in [-0.15, -0.1) is 0 Å². The third-order valence-electron chi connectivity index (χ3n) is 2.45. The number of hydrogen-bond acceptors (Lipinski definition) is 1. The molecule has 0 saturated carbocycles. The van der Waals surface area contributed by atoms with Crippen LogP contribution >= 0.6 is 0 Å². The van der Waals surface area contributed by atoms with Gasteiger partial charge in [0.25, 0.3) is 0 Å². The molecule has 1 heteroatoms. The summed E-state index contributed by atoms with van der Waals surface area (Å²) in [6.07, 6.45) is 0. The van der Waals surface area contributed by atoms with Gasteiger partial charge in [0, 0.05) is 0 Å². The average Bonchev–Trinajstić information content (AvgIpc) is 2.08. The first-order valence-electron chi connectivity index (χ1n) is 4.42. The summed E-state index contributed by atoms with van der Waals surface area (Å²) in [6.45, 7) is 7.15. The summed E-state index contributed by atoms with van der Waals surface area (Å²) in [6, 6.07) is 6.56. The van der Waals surface area contributed by atoms with Crippen molar-refractivity contribution < 1.29 is 0 Å². The van der Waals surface area contributed by atoms with Gasteiger partial charge >= 0.3 is 0 Å². The van der Waals surface area contributed by atoms with Crippen LogP contribution in [0.5, 0.6) is 0 Å². The Morgan fingerprint density at radius 3 is 2.42 bits per heavy atom. The van der Waals surface area contributed by atoms with E-state index in [1.165, 1.54) is 16.7 Å². The Balaban J connectivity index is 2.96. The maximum absolute atomic E-state index is 5.59. The predicted molar refractivity (Wildman–Crippen MR) is 53.4 cm³/mol. The average molecular weight is 163 g/mol. The molecule has 0 amide bonds. The molecule has 1 nitrogen and oxygen atoms in total. The maximum atomic E-state index is 5.59. The Morgan fingerprint density at radius 2 is 1.92 bits per heavy atom. The van der Waals surface area contributed by atoms with Crippen molar-refractivity contribution in [3.05, 3.63) is 34.9 Å². The fourth-order valence-electron chi connectivity index (χ4n) is 1.21. The third-order valence-corrected chi connectivity index (χ3v) is 2.45. The van der Waals surface area contributed by atoms with Gasteiger partial charge in [-0.3, -0.25) is 0 Å². The first-order valence-corrected chi connectivity index (χ1v) is 4.42. The Labute approximate surface area is 74.6 Å². The molecule has 0 bridgehead atoms. The minimum Gasteiger partial charge on any atom is -0.330 e. The molecule has 0 aromatic heterocycles. The number of aryl methyl sites for hydroxylation is 2. The molecular weight excluding hydrogens is 146 g/mol. The van der Waals surface area contributed by atoms with Crippen molar-refractivity contribution in [2.24, 2.45) is 5.73 Å². The molecule has 12 heavy (non-hydrogen) atoms. The van der Waals surface area contributed by atoms with Gasteiger partial charge in [0.1, 0.15) is 0 Å². The molecule has 0 saturated heterocycles. The zero-order valence-corrected chi connectivity index (χ0v) is 8.09. The summed E-state index contributed by atoms with van der Waals surface area (Å²) in [5.74, 6) is 0.476. The van der Waals surface area contributed by atoms with Crippen LogP contribution in [0.15, 0.2) is 18.2 Å². The third kappa shape index (κ3) is 1.86. The van der Waals surface area contributed by atoms with Crippen LogP contribution in [0.25, 0.3) is 0 Å². The summed E-state index contributed by atoms with van der Waals surface area (Å²) >= 11 is 0. The number of nitrogens with two attached hydrogens (primary N) is 1. The van der Waals surface area contributed by atoms with E-state index >= 15 is 0 Å². The summed E-state index contributed by atoms with van der Waals surface area (Å²) in [5.41, 5.74) is 9.64. The van der Waals surface area contributed by atoms with Crippen LogP contribution in [-0.2, 0) is 0 Å². The van der Waals surface area contributed by atoms with Gasteiger partial charge in [-0.1, -0.05) is 25.1 Å². The fourth-order valence-corrected chi connectivity index (χ4v) is 1.21. The molecule has 1 atom stereocenters. The maximum Gasteiger partial charge on any atom is -0.00109 e. The predicted octanol–water partition coefficient (Wildman–Crippen LogP) is 2.37. The monoisotopic (exact) mass is 163 g/mol. The second-order valence-corrected chi connectivity index (χ2v) is 3.48. The van der Waals surface area contributed by atoms with Gasteiger partial charge in [0.15, 0.2) is 0 Å². The van der Waals surface area contributed by atoms with Crippen LogP contribution in [0.3, 0.4) is 0 Å². The molecule has 1 aromatic carbocycles. The van der Waals surface area contributed by atoms with Crippen LogP contribution in [-0.4, -0.2) is 6.54 Å². The molecule has 0 radical (unpaired) electrons. The molecule has 66 valence electrons. The Kier molecular flexibility index (Phi) is 2.88. The highest BCUT2D eigenvalue weighted by Gasteiger charge is 2.03. The van der Waals surface area contributed by atoms with Crippen LogP contribution in [0.2, 0.25) is 0 Å². The molecule has 0 aliphatic carbocycles. The Morgan fingerprint density at radius 1 is 1.25 bits per heavy atom. The van der Waals surface area contributed by atoms with E-state index in [-0.39, 0.29) is 0 Å². The lowest BCUT2D eigenvalue weighted by molar-refractivity contribution is 0.773. The van der Waals surface area contributed by atoms with Crippen LogP contribution in [0.4, 0.5) is 0 Å². The quantitative estimate of drug-likeness (QED) is 0.711. The highest BCUT2D eigenvalue weighted by Crippen LogP contribution is 2.17. The van der Waals surface area contributed by atoms with Gasteiger partial charge in [-0.05, 0) is 43.0 Å². The van der Waals surface area contributed by atoms with Crippen molar-refractivity contribution in [1.29, 1.82) is 0 Å². The molecule has 0 aliphatic heterocycles. The van der Waals surface area contributed by atoms with Crippen molar-refractivity contribution in [2.45, 2.75) is 26.7 Å². The topological polar surface area (TPSA) is 26.0 Å². The van der Waals surface area contributed by atoms with Crippen molar-refractivity contribution >= 4 is 0 Å². The minimum atomic E-state index is 0.476. The molecule has 0 aliphatic rings. The van der Waals surface area contributed by atoms with Crippen LogP contribution in [0, 0.1) is 13.8 Å². The smallest absolute Gasteiger partial charge is 0.00109 e. The second kappa shape index (κ2) is 3.72.